The minimum atomic E-state index is -0.979. The zero-order valence-corrected chi connectivity index (χ0v) is 11.7. The van der Waals surface area contributed by atoms with E-state index in [0.29, 0.717) is 5.02 Å². The van der Waals surface area contributed by atoms with Crippen LogP contribution in [-0.2, 0) is 9.59 Å². The van der Waals surface area contributed by atoms with Gasteiger partial charge in [-0.25, -0.2) is 0 Å². The molecule has 0 spiro atoms. The maximum absolute atomic E-state index is 12.0. The fourth-order valence-corrected chi connectivity index (χ4v) is 2.28. The first kappa shape index (κ1) is 14.3. The molecule has 1 amide bonds. The monoisotopic (exact) mass is 291 g/mol. The molecular formula is C15H14ClNO3. The molecule has 0 unspecified atom stereocenters. The Balaban J connectivity index is 2.35. The second-order valence-corrected chi connectivity index (χ2v) is 4.87. The summed E-state index contributed by atoms with van der Waals surface area (Å²) in [7, 11) is 1.64. The topological polar surface area (TPSA) is 57.6 Å². The molecule has 0 heterocycles. The van der Waals surface area contributed by atoms with Gasteiger partial charge in [-0.3, -0.25) is 9.59 Å². The van der Waals surface area contributed by atoms with Gasteiger partial charge in [-0.15, -0.1) is 0 Å². The number of hydrogen-bond donors (Lipinski definition) is 1. The Labute approximate surface area is 121 Å². The Morgan fingerprint density at radius 1 is 1.10 bits per heavy atom. The normalized spacial score (nSPS) is 10.5. The van der Waals surface area contributed by atoms with E-state index in [1.807, 2.05) is 24.3 Å². The lowest BCUT2D eigenvalue weighted by Gasteiger charge is -2.19. The fraction of sp³-hybridized carbons (Fsp3) is 0.200. The van der Waals surface area contributed by atoms with Crippen LogP contribution in [0.15, 0.2) is 36.4 Å². The highest BCUT2D eigenvalue weighted by Gasteiger charge is 2.15. The number of carboxylic acid groups (broad SMARTS) is 1. The fourth-order valence-electron chi connectivity index (χ4n) is 2.05. The number of fused-ring (bicyclic) bond motifs is 1. The average molecular weight is 292 g/mol. The van der Waals surface area contributed by atoms with E-state index < -0.39 is 5.97 Å². The number of nitrogens with zero attached hydrogens (tertiary/aromatic N) is 1. The van der Waals surface area contributed by atoms with Gasteiger partial charge in [0.15, 0.2) is 0 Å². The lowest BCUT2D eigenvalue weighted by molar-refractivity contribution is -0.138. The largest absolute Gasteiger partial charge is 0.481 e. The molecular weight excluding hydrogens is 278 g/mol. The highest BCUT2D eigenvalue weighted by Crippen LogP contribution is 2.31. The van der Waals surface area contributed by atoms with Gasteiger partial charge >= 0.3 is 5.97 Å². The Morgan fingerprint density at radius 3 is 2.40 bits per heavy atom. The number of halogens is 1. The molecule has 0 aliphatic heterocycles. The lowest BCUT2D eigenvalue weighted by Crippen LogP contribution is -2.26. The van der Waals surface area contributed by atoms with Gasteiger partial charge in [0.2, 0.25) is 5.91 Å². The molecule has 0 radical (unpaired) electrons. The third-order valence-corrected chi connectivity index (χ3v) is 3.47. The minimum absolute atomic E-state index is 0.0250. The Kier molecular flexibility index (Phi) is 4.25. The maximum atomic E-state index is 12.0. The summed E-state index contributed by atoms with van der Waals surface area (Å²) >= 11 is 6.13. The molecule has 0 fully saturated rings. The van der Waals surface area contributed by atoms with Crippen molar-refractivity contribution >= 4 is 39.9 Å². The van der Waals surface area contributed by atoms with Gasteiger partial charge in [0.1, 0.15) is 0 Å². The van der Waals surface area contributed by atoms with Crippen LogP contribution in [0, 0.1) is 0 Å². The molecule has 0 bridgehead atoms. The first-order valence-corrected chi connectivity index (χ1v) is 6.54. The lowest BCUT2D eigenvalue weighted by atomic mass is 10.1. The van der Waals surface area contributed by atoms with Crippen molar-refractivity contribution in [2.45, 2.75) is 12.8 Å². The van der Waals surface area contributed by atoms with Crippen molar-refractivity contribution in [3.8, 4) is 0 Å². The van der Waals surface area contributed by atoms with Crippen LogP contribution in [0.3, 0.4) is 0 Å². The van der Waals surface area contributed by atoms with E-state index in [1.54, 1.807) is 19.2 Å². The number of carbonyl (C=O) groups is 2. The number of carboxylic acids is 1. The molecule has 0 aromatic heterocycles. The molecule has 5 heteroatoms. The van der Waals surface area contributed by atoms with Gasteiger partial charge < -0.3 is 10.0 Å². The molecule has 2 aromatic rings. The second-order valence-electron chi connectivity index (χ2n) is 4.46. The number of anilines is 1. The molecule has 104 valence electrons. The SMILES string of the molecule is CN(C(=O)CCC(=O)O)c1ccc(Cl)c2ccccc12. The van der Waals surface area contributed by atoms with Crippen LogP contribution in [0.2, 0.25) is 5.02 Å². The van der Waals surface area contributed by atoms with Crippen molar-refractivity contribution in [1.82, 2.24) is 0 Å². The van der Waals surface area contributed by atoms with E-state index in [2.05, 4.69) is 0 Å². The van der Waals surface area contributed by atoms with Crippen molar-refractivity contribution in [2.24, 2.45) is 0 Å². The molecule has 20 heavy (non-hydrogen) atoms. The number of benzene rings is 2. The Bertz CT molecular complexity index is 669. The maximum Gasteiger partial charge on any atom is 0.303 e. The second kappa shape index (κ2) is 5.92. The van der Waals surface area contributed by atoms with Crippen LogP contribution >= 0.6 is 11.6 Å². The van der Waals surface area contributed by atoms with Crippen LogP contribution < -0.4 is 4.90 Å². The molecule has 0 saturated heterocycles. The summed E-state index contributed by atoms with van der Waals surface area (Å²) < 4.78 is 0. The van der Waals surface area contributed by atoms with E-state index in [0.717, 1.165) is 16.5 Å². The van der Waals surface area contributed by atoms with Crippen molar-refractivity contribution in [1.29, 1.82) is 0 Å². The predicted octanol–water partition coefficient (Wildman–Crippen LogP) is 3.32. The summed E-state index contributed by atoms with van der Waals surface area (Å²) in [6.07, 6.45) is -0.197. The quantitative estimate of drug-likeness (QED) is 0.940. The molecule has 0 atom stereocenters. The van der Waals surface area contributed by atoms with Crippen molar-refractivity contribution in [2.75, 3.05) is 11.9 Å². The number of aliphatic carboxylic acids is 1. The van der Waals surface area contributed by atoms with Crippen LogP contribution in [0.1, 0.15) is 12.8 Å². The third-order valence-electron chi connectivity index (χ3n) is 3.14. The Hall–Kier alpha value is -2.07. The third kappa shape index (κ3) is 2.91. The van der Waals surface area contributed by atoms with Gasteiger partial charge in [0.25, 0.3) is 0 Å². The predicted molar refractivity (Wildman–Crippen MR) is 79.2 cm³/mol. The van der Waals surface area contributed by atoms with Crippen LogP contribution in [-0.4, -0.2) is 24.0 Å². The molecule has 2 aromatic carbocycles. The summed E-state index contributed by atoms with van der Waals surface area (Å²) in [6, 6.07) is 11.0. The number of hydrogen-bond acceptors (Lipinski definition) is 2. The van der Waals surface area contributed by atoms with Crippen LogP contribution in [0.4, 0.5) is 5.69 Å². The van der Waals surface area contributed by atoms with Gasteiger partial charge in [-0.2, -0.15) is 0 Å². The summed E-state index contributed by atoms with van der Waals surface area (Å²) in [6.45, 7) is 0. The van der Waals surface area contributed by atoms with Gasteiger partial charge in [-0.1, -0.05) is 35.9 Å². The number of carbonyl (C=O) groups excluding carboxylic acids is 1. The van der Waals surface area contributed by atoms with Crippen molar-refractivity contribution in [3.63, 3.8) is 0 Å². The minimum Gasteiger partial charge on any atom is -0.481 e. The van der Waals surface area contributed by atoms with Crippen LogP contribution in [0.5, 0.6) is 0 Å². The molecule has 0 saturated carbocycles. The number of rotatable bonds is 4. The molecule has 0 aliphatic carbocycles. The molecule has 2 rings (SSSR count). The Morgan fingerprint density at radius 2 is 1.75 bits per heavy atom. The van der Waals surface area contributed by atoms with E-state index in [-0.39, 0.29) is 18.7 Å². The molecule has 1 N–H and O–H groups in total. The van der Waals surface area contributed by atoms with Gasteiger partial charge in [0.05, 0.1) is 12.1 Å². The summed E-state index contributed by atoms with van der Waals surface area (Å²) in [5.41, 5.74) is 0.723. The summed E-state index contributed by atoms with van der Waals surface area (Å²) in [4.78, 5) is 24.0. The smallest absolute Gasteiger partial charge is 0.303 e. The van der Waals surface area contributed by atoms with E-state index in [1.165, 1.54) is 4.90 Å². The first-order valence-electron chi connectivity index (χ1n) is 6.16. The average Bonchev–Trinajstić information content (AvgIpc) is 2.44. The zero-order valence-electron chi connectivity index (χ0n) is 11.0. The van der Waals surface area contributed by atoms with Gasteiger partial charge in [0, 0.05) is 29.3 Å². The van der Waals surface area contributed by atoms with Crippen molar-refractivity contribution in [3.05, 3.63) is 41.4 Å². The van der Waals surface area contributed by atoms with Gasteiger partial charge in [-0.05, 0) is 12.1 Å². The van der Waals surface area contributed by atoms with Crippen LogP contribution in [0.25, 0.3) is 10.8 Å². The molecule has 4 nitrogen and oxygen atoms in total. The standard InChI is InChI=1S/C15H14ClNO3/c1-17(14(18)8-9-15(19)20)13-7-6-12(16)10-4-2-3-5-11(10)13/h2-7H,8-9H2,1H3,(H,19,20). The van der Waals surface area contributed by atoms with E-state index in [4.69, 9.17) is 16.7 Å². The zero-order chi connectivity index (χ0) is 14.7. The van der Waals surface area contributed by atoms with E-state index >= 15 is 0 Å². The summed E-state index contributed by atoms with van der Waals surface area (Å²) in [5, 5.41) is 11.0. The first-order chi connectivity index (χ1) is 9.50. The highest BCUT2D eigenvalue weighted by molar-refractivity contribution is 6.36. The highest BCUT2D eigenvalue weighted by atomic mass is 35.5. The van der Waals surface area contributed by atoms with E-state index in [9.17, 15) is 9.59 Å². The molecule has 0 aliphatic rings. The number of amides is 1. The van der Waals surface area contributed by atoms with Crippen molar-refractivity contribution < 1.29 is 14.7 Å². The summed E-state index contributed by atoms with van der Waals surface area (Å²) in [5.74, 6) is -1.22.